The highest BCUT2D eigenvalue weighted by atomic mass is 16.6. The van der Waals surface area contributed by atoms with E-state index in [9.17, 15) is 20.0 Å². The number of anilines is 1. The van der Waals surface area contributed by atoms with Gasteiger partial charge in [-0.1, -0.05) is 35.9 Å². The Morgan fingerprint density at radius 2 is 1.96 bits per heavy atom. The standard InChI is InChI=1S/C16H17N3O4/c1-11-5-7-12(8-6-11)15(20)10-17-16(21)18-13-3-2-4-14(9-13)19(22)23/h2-9,15,20H,10H2,1H3,(H2,17,18,21)/t15-/m0/s1. The molecule has 1 atom stereocenters. The van der Waals surface area contributed by atoms with Crippen LogP contribution in [0.15, 0.2) is 48.5 Å². The number of rotatable bonds is 5. The van der Waals surface area contributed by atoms with Crippen molar-refractivity contribution in [1.29, 1.82) is 0 Å². The molecule has 0 aliphatic carbocycles. The highest BCUT2D eigenvalue weighted by Gasteiger charge is 2.11. The number of hydrogen-bond donors (Lipinski definition) is 3. The lowest BCUT2D eigenvalue weighted by Crippen LogP contribution is -2.32. The minimum absolute atomic E-state index is 0.0316. The minimum Gasteiger partial charge on any atom is -0.387 e. The number of amides is 2. The molecule has 0 unspecified atom stereocenters. The van der Waals surface area contributed by atoms with Gasteiger partial charge >= 0.3 is 6.03 Å². The second kappa shape index (κ2) is 7.37. The van der Waals surface area contributed by atoms with Crippen LogP contribution in [-0.2, 0) is 0 Å². The molecule has 2 rings (SSSR count). The average Bonchev–Trinajstić information content (AvgIpc) is 2.53. The van der Waals surface area contributed by atoms with Crippen LogP contribution in [0.5, 0.6) is 0 Å². The lowest BCUT2D eigenvalue weighted by atomic mass is 10.1. The van der Waals surface area contributed by atoms with Crippen molar-refractivity contribution >= 4 is 17.4 Å². The third-order valence-corrected chi connectivity index (χ3v) is 3.23. The summed E-state index contributed by atoms with van der Waals surface area (Å²) in [6.45, 7) is 1.98. The lowest BCUT2D eigenvalue weighted by molar-refractivity contribution is -0.384. The van der Waals surface area contributed by atoms with E-state index in [0.29, 0.717) is 11.3 Å². The second-order valence-electron chi connectivity index (χ2n) is 5.07. The van der Waals surface area contributed by atoms with E-state index in [1.54, 1.807) is 18.2 Å². The number of benzene rings is 2. The van der Waals surface area contributed by atoms with Gasteiger partial charge in [-0.05, 0) is 18.6 Å². The summed E-state index contributed by atoms with van der Waals surface area (Å²) < 4.78 is 0. The molecular weight excluding hydrogens is 298 g/mol. The van der Waals surface area contributed by atoms with E-state index in [1.807, 2.05) is 19.1 Å². The van der Waals surface area contributed by atoms with Crippen molar-refractivity contribution < 1.29 is 14.8 Å². The average molecular weight is 315 g/mol. The summed E-state index contributed by atoms with van der Waals surface area (Å²) in [6.07, 6.45) is -0.827. The number of nitrogens with zero attached hydrogens (tertiary/aromatic N) is 1. The molecule has 0 heterocycles. The summed E-state index contributed by atoms with van der Waals surface area (Å²) in [5.41, 5.74) is 1.98. The van der Waals surface area contributed by atoms with Crippen molar-refractivity contribution in [3.05, 3.63) is 69.8 Å². The molecule has 23 heavy (non-hydrogen) atoms. The molecule has 0 aromatic heterocycles. The van der Waals surface area contributed by atoms with Gasteiger partial charge in [-0.3, -0.25) is 10.1 Å². The topological polar surface area (TPSA) is 104 Å². The molecule has 3 N–H and O–H groups in total. The van der Waals surface area contributed by atoms with Crippen LogP contribution in [-0.4, -0.2) is 22.6 Å². The van der Waals surface area contributed by atoms with E-state index in [0.717, 1.165) is 5.56 Å². The molecule has 0 radical (unpaired) electrons. The fourth-order valence-electron chi connectivity index (χ4n) is 1.97. The molecule has 0 aliphatic heterocycles. The summed E-state index contributed by atoms with van der Waals surface area (Å²) >= 11 is 0. The summed E-state index contributed by atoms with van der Waals surface area (Å²) in [5, 5.41) is 25.7. The van der Waals surface area contributed by atoms with Gasteiger partial charge in [0, 0.05) is 24.4 Å². The van der Waals surface area contributed by atoms with Crippen molar-refractivity contribution in [2.75, 3.05) is 11.9 Å². The van der Waals surface area contributed by atoms with E-state index < -0.39 is 17.1 Å². The number of aliphatic hydroxyl groups excluding tert-OH is 1. The summed E-state index contributed by atoms with van der Waals surface area (Å²) in [4.78, 5) is 21.9. The molecule has 2 aromatic rings. The number of non-ortho nitro benzene ring substituents is 1. The van der Waals surface area contributed by atoms with Crippen LogP contribution in [0.2, 0.25) is 0 Å². The number of hydrogen-bond acceptors (Lipinski definition) is 4. The van der Waals surface area contributed by atoms with Crippen LogP contribution in [0.4, 0.5) is 16.2 Å². The zero-order valence-corrected chi connectivity index (χ0v) is 12.5. The van der Waals surface area contributed by atoms with Gasteiger partial charge in [0.05, 0.1) is 11.0 Å². The molecule has 0 spiro atoms. The Bertz CT molecular complexity index is 701. The number of urea groups is 1. The lowest BCUT2D eigenvalue weighted by Gasteiger charge is -2.13. The molecule has 2 aromatic carbocycles. The maximum Gasteiger partial charge on any atom is 0.319 e. The van der Waals surface area contributed by atoms with Crippen molar-refractivity contribution in [2.24, 2.45) is 0 Å². The van der Waals surface area contributed by atoms with Crippen LogP contribution >= 0.6 is 0 Å². The maximum absolute atomic E-state index is 11.8. The Balaban J connectivity index is 1.88. The molecule has 2 amide bonds. The van der Waals surface area contributed by atoms with Crippen LogP contribution < -0.4 is 10.6 Å². The number of carbonyl (C=O) groups is 1. The normalized spacial score (nSPS) is 11.6. The van der Waals surface area contributed by atoms with Crippen molar-refractivity contribution in [3.63, 3.8) is 0 Å². The molecule has 7 nitrogen and oxygen atoms in total. The van der Waals surface area contributed by atoms with Gasteiger partial charge in [0.15, 0.2) is 0 Å². The van der Waals surface area contributed by atoms with E-state index in [-0.39, 0.29) is 12.2 Å². The first kappa shape index (κ1) is 16.4. The van der Waals surface area contributed by atoms with Crippen LogP contribution in [0.1, 0.15) is 17.2 Å². The summed E-state index contributed by atoms with van der Waals surface area (Å²) in [6, 6.07) is 12.4. The van der Waals surface area contributed by atoms with Gasteiger partial charge in [0.25, 0.3) is 5.69 Å². The Morgan fingerprint density at radius 3 is 2.61 bits per heavy atom. The zero-order chi connectivity index (χ0) is 16.8. The fourth-order valence-corrected chi connectivity index (χ4v) is 1.97. The van der Waals surface area contributed by atoms with Gasteiger partial charge in [-0.2, -0.15) is 0 Å². The van der Waals surface area contributed by atoms with Crippen molar-refractivity contribution in [2.45, 2.75) is 13.0 Å². The van der Waals surface area contributed by atoms with Crippen LogP contribution in [0, 0.1) is 17.0 Å². The van der Waals surface area contributed by atoms with Crippen molar-refractivity contribution in [1.82, 2.24) is 5.32 Å². The van der Waals surface area contributed by atoms with E-state index in [2.05, 4.69) is 10.6 Å². The number of nitrogens with one attached hydrogen (secondary N) is 2. The fraction of sp³-hybridized carbons (Fsp3) is 0.188. The predicted molar refractivity (Wildman–Crippen MR) is 86.3 cm³/mol. The van der Waals surface area contributed by atoms with E-state index >= 15 is 0 Å². The summed E-state index contributed by atoms with van der Waals surface area (Å²) in [7, 11) is 0. The Kier molecular flexibility index (Phi) is 5.27. The van der Waals surface area contributed by atoms with Gasteiger partial charge in [-0.15, -0.1) is 0 Å². The Morgan fingerprint density at radius 1 is 1.26 bits per heavy atom. The zero-order valence-electron chi connectivity index (χ0n) is 12.5. The Hall–Kier alpha value is -2.93. The maximum atomic E-state index is 11.8. The molecule has 0 saturated carbocycles. The second-order valence-corrected chi connectivity index (χ2v) is 5.07. The number of nitro benzene ring substituents is 1. The third-order valence-electron chi connectivity index (χ3n) is 3.23. The quantitative estimate of drug-likeness (QED) is 0.583. The number of aliphatic hydroxyl groups is 1. The van der Waals surface area contributed by atoms with Gasteiger partial charge in [0.1, 0.15) is 0 Å². The molecule has 0 saturated heterocycles. The van der Waals surface area contributed by atoms with Crippen LogP contribution in [0.25, 0.3) is 0 Å². The van der Waals surface area contributed by atoms with Gasteiger partial charge < -0.3 is 15.7 Å². The van der Waals surface area contributed by atoms with Gasteiger partial charge in [-0.25, -0.2) is 4.79 Å². The first-order valence-corrected chi connectivity index (χ1v) is 6.99. The van der Waals surface area contributed by atoms with Gasteiger partial charge in [0.2, 0.25) is 0 Å². The smallest absolute Gasteiger partial charge is 0.319 e. The summed E-state index contributed by atoms with van der Waals surface area (Å²) in [5.74, 6) is 0. The molecular formula is C16H17N3O4. The third kappa shape index (κ3) is 4.79. The molecule has 0 fully saturated rings. The number of carbonyl (C=O) groups excluding carboxylic acids is 1. The SMILES string of the molecule is Cc1ccc([C@@H](O)CNC(=O)Nc2cccc([N+](=O)[O-])c2)cc1. The molecule has 0 bridgehead atoms. The molecule has 120 valence electrons. The predicted octanol–water partition coefficient (Wildman–Crippen LogP) is 2.76. The first-order valence-electron chi connectivity index (χ1n) is 6.99. The molecule has 0 aliphatic rings. The first-order chi connectivity index (χ1) is 11.0. The largest absolute Gasteiger partial charge is 0.387 e. The molecule has 7 heteroatoms. The van der Waals surface area contributed by atoms with E-state index in [4.69, 9.17) is 0 Å². The minimum atomic E-state index is -0.827. The number of aryl methyl sites for hydroxylation is 1. The highest BCUT2D eigenvalue weighted by Crippen LogP contribution is 2.17. The number of nitro groups is 1. The van der Waals surface area contributed by atoms with E-state index in [1.165, 1.54) is 18.2 Å². The van der Waals surface area contributed by atoms with Crippen molar-refractivity contribution in [3.8, 4) is 0 Å². The monoisotopic (exact) mass is 315 g/mol. The van der Waals surface area contributed by atoms with Crippen LogP contribution in [0.3, 0.4) is 0 Å². The Labute approximate surface area is 133 Å². The highest BCUT2D eigenvalue weighted by molar-refractivity contribution is 5.89.